The Bertz CT molecular complexity index is 426. The van der Waals surface area contributed by atoms with E-state index in [0.29, 0.717) is 0 Å². The van der Waals surface area contributed by atoms with E-state index in [1.165, 1.54) is 0 Å². The molecule has 1 N–H and O–H groups in total. The fourth-order valence-corrected chi connectivity index (χ4v) is 2.80. The lowest BCUT2D eigenvalue weighted by atomic mass is 9.80. The Morgan fingerprint density at radius 2 is 1.86 bits per heavy atom. The minimum Gasteiger partial charge on any atom is -0.497 e. The van der Waals surface area contributed by atoms with Crippen LogP contribution in [-0.2, 0) is 10.3 Å². The zero-order valence-corrected chi connectivity index (χ0v) is 13.3. The molecule has 1 atom stereocenters. The van der Waals surface area contributed by atoms with Gasteiger partial charge in [-0.1, -0.05) is 26.0 Å². The lowest BCUT2D eigenvalue weighted by Crippen LogP contribution is -2.41. The molecule has 1 fully saturated rings. The molecule has 0 unspecified atom stereocenters. The average molecular weight is 293 g/mol. The van der Waals surface area contributed by atoms with Gasteiger partial charge in [-0.2, -0.15) is 0 Å². The summed E-state index contributed by atoms with van der Waals surface area (Å²) in [4.78, 5) is 2.36. The molecule has 1 aliphatic rings. The Morgan fingerprint density at radius 3 is 2.38 bits per heavy atom. The number of hydrogen-bond acceptors (Lipinski definition) is 4. The summed E-state index contributed by atoms with van der Waals surface area (Å²) in [5, 5.41) is 11.2. The van der Waals surface area contributed by atoms with Crippen LogP contribution in [0.4, 0.5) is 0 Å². The predicted octanol–water partition coefficient (Wildman–Crippen LogP) is 2.26. The van der Waals surface area contributed by atoms with Crippen LogP contribution in [0.1, 0.15) is 25.8 Å². The van der Waals surface area contributed by atoms with Crippen LogP contribution in [-0.4, -0.2) is 50.0 Å². The monoisotopic (exact) mass is 293 g/mol. The maximum Gasteiger partial charge on any atom is 0.118 e. The number of methoxy groups -OCH3 is 1. The van der Waals surface area contributed by atoms with Crippen molar-refractivity contribution < 1.29 is 14.6 Å². The van der Waals surface area contributed by atoms with Crippen LogP contribution in [0.2, 0.25) is 0 Å². The molecular formula is C17H27NO3. The number of ether oxygens (including phenoxy) is 2. The normalized spacial score (nSPS) is 19.5. The van der Waals surface area contributed by atoms with E-state index in [4.69, 9.17) is 9.47 Å². The van der Waals surface area contributed by atoms with Gasteiger partial charge in [0.15, 0.2) is 0 Å². The zero-order valence-electron chi connectivity index (χ0n) is 13.3. The van der Waals surface area contributed by atoms with Crippen molar-refractivity contribution >= 4 is 0 Å². The Kier molecular flexibility index (Phi) is 5.62. The molecule has 1 aliphatic heterocycles. The SMILES string of the molecule is COc1ccc([C@](O)(CCN2CCOCC2)C(C)C)cc1. The maximum absolute atomic E-state index is 11.2. The quantitative estimate of drug-likeness (QED) is 0.873. The van der Waals surface area contributed by atoms with Gasteiger partial charge in [-0.05, 0) is 30.0 Å². The van der Waals surface area contributed by atoms with Gasteiger partial charge in [0.05, 0.1) is 25.9 Å². The van der Waals surface area contributed by atoms with Crippen LogP contribution in [0, 0.1) is 5.92 Å². The second-order valence-electron chi connectivity index (χ2n) is 6.01. The summed E-state index contributed by atoms with van der Waals surface area (Å²) in [6.45, 7) is 8.54. The van der Waals surface area contributed by atoms with Gasteiger partial charge in [0.2, 0.25) is 0 Å². The minimum atomic E-state index is -0.801. The molecule has 0 radical (unpaired) electrons. The summed E-state index contributed by atoms with van der Waals surface area (Å²) < 4.78 is 10.6. The summed E-state index contributed by atoms with van der Waals surface area (Å²) in [6.07, 6.45) is 0.733. The van der Waals surface area contributed by atoms with Gasteiger partial charge in [0, 0.05) is 19.6 Å². The van der Waals surface area contributed by atoms with E-state index in [9.17, 15) is 5.11 Å². The number of morpholine rings is 1. The van der Waals surface area contributed by atoms with Crippen molar-refractivity contribution in [2.45, 2.75) is 25.9 Å². The summed E-state index contributed by atoms with van der Waals surface area (Å²) in [5.74, 6) is 0.977. The Balaban J connectivity index is 2.07. The molecule has 21 heavy (non-hydrogen) atoms. The molecule has 0 aliphatic carbocycles. The van der Waals surface area contributed by atoms with Crippen LogP contribution < -0.4 is 4.74 Å². The first kappa shape index (κ1) is 16.3. The Morgan fingerprint density at radius 1 is 1.24 bits per heavy atom. The zero-order chi connectivity index (χ0) is 15.3. The van der Waals surface area contributed by atoms with E-state index in [0.717, 1.165) is 50.6 Å². The van der Waals surface area contributed by atoms with Crippen molar-refractivity contribution in [3.8, 4) is 5.75 Å². The third-order valence-corrected chi connectivity index (χ3v) is 4.46. The summed E-state index contributed by atoms with van der Waals surface area (Å²) in [6, 6.07) is 7.77. The lowest BCUT2D eigenvalue weighted by Gasteiger charge is -2.36. The van der Waals surface area contributed by atoms with Crippen molar-refractivity contribution in [2.75, 3.05) is 40.0 Å². The van der Waals surface area contributed by atoms with E-state index in [2.05, 4.69) is 18.7 Å². The molecule has 1 aromatic rings. The van der Waals surface area contributed by atoms with Gasteiger partial charge < -0.3 is 14.6 Å². The van der Waals surface area contributed by atoms with Crippen LogP contribution in [0.15, 0.2) is 24.3 Å². The third kappa shape index (κ3) is 3.96. The minimum absolute atomic E-state index is 0.159. The molecule has 4 heteroatoms. The second-order valence-corrected chi connectivity index (χ2v) is 6.01. The fourth-order valence-electron chi connectivity index (χ4n) is 2.80. The molecule has 0 amide bonds. The van der Waals surface area contributed by atoms with Gasteiger partial charge >= 0.3 is 0 Å². The van der Waals surface area contributed by atoms with Crippen LogP contribution in [0.5, 0.6) is 5.75 Å². The van der Waals surface area contributed by atoms with Crippen molar-refractivity contribution in [3.05, 3.63) is 29.8 Å². The molecule has 0 aromatic heterocycles. The van der Waals surface area contributed by atoms with Gasteiger partial charge in [-0.25, -0.2) is 0 Å². The average Bonchev–Trinajstić information content (AvgIpc) is 2.53. The van der Waals surface area contributed by atoms with E-state index in [1.807, 2.05) is 24.3 Å². The lowest BCUT2D eigenvalue weighted by molar-refractivity contribution is -0.0358. The largest absolute Gasteiger partial charge is 0.497 e. The maximum atomic E-state index is 11.2. The molecule has 0 bridgehead atoms. The molecule has 2 rings (SSSR count). The number of hydrogen-bond donors (Lipinski definition) is 1. The van der Waals surface area contributed by atoms with E-state index < -0.39 is 5.60 Å². The summed E-state index contributed by atoms with van der Waals surface area (Å²) >= 11 is 0. The number of nitrogens with zero attached hydrogens (tertiary/aromatic N) is 1. The van der Waals surface area contributed by atoms with Crippen LogP contribution >= 0.6 is 0 Å². The Hall–Kier alpha value is -1.10. The molecule has 1 heterocycles. The number of rotatable bonds is 6. The molecular weight excluding hydrogens is 266 g/mol. The molecule has 118 valence electrons. The van der Waals surface area contributed by atoms with Gasteiger partial charge in [-0.3, -0.25) is 4.90 Å². The summed E-state index contributed by atoms with van der Waals surface area (Å²) in [5.41, 5.74) is 0.163. The Labute approximate surface area is 127 Å². The van der Waals surface area contributed by atoms with Crippen LogP contribution in [0.25, 0.3) is 0 Å². The molecule has 1 saturated heterocycles. The highest BCUT2D eigenvalue weighted by Gasteiger charge is 2.33. The number of benzene rings is 1. The van der Waals surface area contributed by atoms with Crippen molar-refractivity contribution in [2.24, 2.45) is 5.92 Å². The molecule has 1 aromatic carbocycles. The highest BCUT2D eigenvalue weighted by molar-refractivity contribution is 5.31. The summed E-state index contributed by atoms with van der Waals surface area (Å²) in [7, 11) is 1.65. The molecule has 0 saturated carbocycles. The van der Waals surface area contributed by atoms with Gasteiger partial charge in [-0.15, -0.1) is 0 Å². The fraction of sp³-hybridized carbons (Fsp3) is 0.647. The second kappa shape index (κ2) is 7.25. The first-order valence-electron chi connectivity index (χ1n) is 7.73. The van der Waals surface area contributed by atoms with Gasteiger partial charge in [0.25, 0.3) is 0 Å². The smallest absolute Gasteiger partial charge is 0.118 e. The van der Waals surface area contributed by atoms with Gasteiger partial charge in [0.1, 0.15) is 5.75 Å². The van der Waals surface area contributed by atoms with Crippen molar-refractivity contribution in [1.29, 1.82) is 0 Å². The highest BCUT2D eigenvalue weighted by atomic mass is 16.5. The van der Waals surface area contributed by atoms with Crippen LogP contribution in [0.3, 0.4) is 0 Å². The van der Waals surface area contributed by atoms with E-state index in [-0.39, 0.29) is 5.92 Å². The third-order valence-electron chi connectivity index (χ3n) is 4.46. The van der Waals surface area contributed by atoms with E-state index >= 15 is 0 Å². The highest BCUT2D eigenvalue weighted by Crippen LogP contribution is 2.34. The van der Waals surface area contributed by atoms with Crippen molar-refractivity contribution in [1.82, 2.24) is 4.90 Å². The first-order valence-corrected chi connectivity index (χ1v) is 7.73. The standard InChI is InChI=1S/C17H27NO3/c1-14(2)17(19,8-9-18-10-12-21-13-11-18)15-4-6-16(20-3)7-5-15/h4-7,14,19H,8-13H2,1-3H3/t17-/m0/s1. The van der Waals surface area contributed by atoms with Crippen molar-refractivity contribution in [3.63, 3.8) is 0 Å². The predicted molar refractivity (Wildman–Crippen MR) is 83.6 cm³/mol. The number of aliphatic hydroxyl groups is 1. The molecule has 4 nitrogen and oxygen atoms in total. The van der Waals surface area contributed by atoms with E-state index in [1.54, 1.807) is 7.11 Å². The molecule has 0 spiro atoms. The first-order chi connectivity index (χ1) is 10.1. The topological polar surface area (TPSA) is 41.9 Å².